The minimum atomic E-state index is -0.547. The molecule has 1 aromatic rings. The van der Waals surface area contributed by atoms with Gasteiger partial charge in [-0.05, 0) is 17.7 Å². The Balaban J connectivity index is 1.51. The molecule has 0 atom stereocenters. The summed E-state index contributed by atoms with van der Waals surface area (Å²) in [6.45, 7) is 2.95. The predicted octanol–water partition coefficient (Wildman–Crippen LogP) is 2.11. The summed E-state index contributed by atoms with van der Waals surface area (Å²) in [7, 11) is 0. The van der Waals surface area contributed by atoms with Gasteiger partial charge in [-0.25, -0.2) is 4.79 Å². The second-order valence-electron chi connectivity index (χ2n) is 5.06. The molecule has 0 radical (unpaired) electrons. The Kier molecular flexibility index (Phi) is 3.96. The summed E-state index contributed by atoms with van der Waals surface area (Å²) in [6, 6.07) is 7.83. The van der Waals surface area contributed by atoms with Gasteiger partial charge < -0.3 is 19.7 Å². The smallest absolute Gasteiger partial charge is 0.317 e. The molecule has 0 unspecified atom stereocenters. The normalized spacial score (nSPS) is 20.6. The summed E-state index contributed by atoms with van der Waals surface area (Å²) < 4.78 is 12.2. The predicted molar refractivity (Wildman–Crippen MR) is 77.2 cm³/mol. The topological polar surface area (TPSA) is 50.8 Å². The lowest BCUT2D eigenvalue weighted by Crippen LogP contribution is -2.41. The second-order valence-corrected chi connectivity index (χ2v) is 5.98. The van der Waals surface area contributed by atoms with Gasteiger partial charge in [0.15, 0.2) is 5.79 Å². The van der Waals surface area contributed by atoms with Crippen LogP contribution >= 0.6 is 15.9 Å². The fourth-order valence-corrected chi connectivity index (χ4v) is 2.82. The SMILES string of the molecule is O=C(NCc1ccc(Br)cc1)N1CCC2(C1)OCCO2. The summed E-state index contributed by atoms with van der Waals surface area (Å²) in [4.78, 5) is 13.9. The molecule has 0 saturated carbocycles. The average molecular weight is 341 g/mol. The fraction of sp³-hybridized carbons (Fsp3) is 0.500. The molecule has 2 aliphatic heterocycles. The molecule has 108 valence electrons. The van der Waals surface area contributed by atoms with Crippen molar-refractivity contribution >= 4 is 22.0 Å². The van der Waals surface area contributed by atoms with Gasteiger partial charge in [0.1, 0.15) is 0 Å². The second kappa shape index (κ2) is 5.71. The van der Waals surface area contributed by atoms with Gasteiger partial charge in [0.2, 0.25) is 0 Å². The third kappa shape index (κ3) is 2.97. The fourth-order valence-electron chi connectivity index (χ4n) is 2.55. The Labute approximate surface area is 126 Å². The van der Waals surface area contributed by atoms with E-state index < -0.39 is 5.79 Å². The molecule has 6 heteroatoms. The number of nitrogens with one attached hydrogen (secondary N) is 1. The van der Waals surface area contributed by atoms with E-state index in [-0.39, 0.29) is 6.03 Å². The lowest BCUT2D eigenvalue weighted by molar-refractivity contribution is -0.143. The molecular formula is C14H17BrN2O3. The Morgan fingerprint density at radius 2 is 2.00 bits per heavy atom. The minimum absolute atomic E-state index is 0.0658. The molecule has 20 heavy (non-hydrogen) atoms. The molecule has 2 aliphatic rings. The number of amides is 2. The first-order valence-corrected chi connectivity index (χ1v) is 7.51. The van der Waals surface area contributed by atoms with Crippen molar-refractivity contribution in [1.29, 1.82) is 0 Å². The standard InChI is InChI=1S/C14H17BrN2O3/c15-12-3-1-11(2-4-12)9-16-13(18)17-6-5-14(10-17)19-7-8-20-14/h1-4H,5-10H2,(H,16,18). The van der Waals surface area contributed by atoms with Crippen LogP contribution in [0.2, 0.25) is 0 Å². The zero-order valence-corrected chi connectivity index (χ0v) is 12.7. The maximum atomic E-state index is 12.1. The van der Waals surface area contributed by atoms with Crippen LogP contribution in [0.15, 0.2) is 28.7 Å². The third-order valence-electron chi connectivity index (χ3n) is 3.65. The van der Waals surface area contributed by atoms with Crippen molar-refractivity contribution in [3.63, 3.8) is 0 Å². The van der Waals surface area contributed by atoms with Crippen molar-refractivity contribution in [3.05, 3.63) is 34.3 Å². The van der Waals surface area contributed by atoms with Crippen LogP contribution < -0.4 is 5.32 Å². The van der Waals surface area contributed by atoms with E-state index in [2.05, 4.69) is 21.2 Å². The third-order valence-corrected chi connectivity index (χ3v) is 4.18. The molecule has 0 aliphatic carbocycles. The molecule has 1 N–H and O–H groups in total. The highest BCUT2D eigenvalue weighted by Crippen LogP contribution is 2.30. The van der Waals surface area contributed by atoms with E-state index >= 15 is 0 Å². The molecule has 5 nitrogen and oxygen atoms in total. The average Bonchev–Trinajstić information content (AvgIpc) is 3.09. The van der Waals surface area contributed by atoms with Crippen LogP contribution in [0.5, 0.6) is 0 Å². The van der Waals surface area contributed by atoms with Gasteiger partial charge in [0, 0.05) is 24.0 Å². The highest BCUT2D eigenvalue weighted by Gasteiger charge is 2.44. The van der Waals surface area contributed by atoms with Crippen LogP contribution in [0.25, 0.3) is 0 Å². The number of benzene rings is 1. The molecule has 2 fully saturated rings. The first-order valence-electron chi connectivity index (χ1n) is 6.72. The lowest BCUT2D eigenvalue weighted by Gasteiger charge is -2.22. The Morgan fingerprint density at radius 3 is 2.70 bits per heavy atom. The molecule has 0 bridgehead atoms. The van der Waals surface area contributed by atoms with E-state index in [1.54, 1.807) is 4.90 Å². The maximum absolute atomic E-state index is 12.1. The summed E-state index contributed by atoms with van der Waals surface area (Å²) in [5.41, 5.74) is 1.07. The number of rotatable bonds is 2. The van der Waals surface area contributed by atoms with Crippen molar-refractivity contribution < 1.29 is 14.3 Å². The number of hydrogen-bond acceptors (Lipinski definition) is 3. The van der Waals surface area contributed by atoms with Crippen LogP contribution in [0.3, 0.4) is 0 Å². The number of urea groups is 1. The van der Waals surface area contributed by atoms with Crippen molar-refractivity contribution in [3.8, 4) is 0 Å². The van der Waals surface area contributed by atoms with Crippen molar-refractivity contribution in [2.24, 2.45) is 0 Å². The zero-order chi connectivity index (χ0) is 14.0. The number of carbonyl (C=O) groups is 1. The first-order chi connectivity index (χ1) is 9.67. The van der Waals surface area contributed by atoms with E-state index in [4.69, 9.17) is 9.47 Å². The van der Waals surface area contributed by atoms with Crippen molar-refractivity contribution in [2.75, 3.05) is 26.3 Å². The molecule has 2 saturated heterocycles. The Bertz CT molecular complexity index is 486. The summed E-state index contributed by atoms with van der Waals surface area (Å²) in [5.74, 6) is -0.547. The van der Waals surface area contributed by atoms with Gasteiger partial charge in [0.25, 0.3) is 0 Å². The Morgan fingerprint density at radius 1 is 1.30 bits per heavy atom. The Hall–Kier alpha value is -1.11. The largest absolute Gasteiger partial charge is 0.346 e. The summed E-state index contributed by atoms with van der Waals surface area (Å²) >= 11 is 3.39. The van der Waals surface area contributed by atoms with Crippen LogP contribution in [0.1, 0.15) is 12.0 Å². The molecule has 0 aromatic heterocycles. The van der Waals surface area contributed by atoms with Crippen LogP contribution in [-0.4, -0.2) is 43.0 Å². The number of nitrogens with zero attached hydrogens (tertiary/aromatic N) is 1. The molecule has 1 spiro atoms. The highest BCUT2D eigenvalue weighted by molar-refractivity contribution is 9.10. The zero-order valence-electron chi connectivity index (χ0n) is 11.1. The first kappa shape index (κ1) is 13.9. The van der Waals surface area contributed by atoms with Gasteiger partial charge in [0.05, 0.1) is 19.8 Å². The quantitative estimate of drug-likeness (QED) is 0.896. The highest BCUT2D eigenvalue weighted by atomic mass is 79.9. The molecule has 2 heterocycles. The van der Waals surface area contributed by atoms with E-state index in [1.807, 2.05) is 24.3 Å². The summed E-state index contributed by atoms with van der Waals surface area (Å²) in [6.07, 6.45) is 0.749. The number of carbonyl (C=O) groups excluding carboxylic acids is 1. The van der Waals surface area contributed by atoms with Crippen LogP contribution in [0.4, 0.5) is 4.79 Å². The van der Waals surface area contributed by atoms with Gasteiger partial charge in [-0.1, -0.05) is 28.1 Å². The number of ether oxygens (including phenoxy) is 2. The van der Waals surface area contributed by atoms with Crippen LogP contribution in [0, 0.1) is 0 Å². The minimum Gasteiger partial charge on any atom is -0.346 e. The van der Waals surface area contributed by atoms with Gasteiger partial charge >= 0.3 is 6.03 Å². The van der Waals surface area contributed by atoms with Crippen LogP contribution in [-0.2, 0) is 16.0 Å². The van der Waals surface area contributed by atoms with Gasteiger partial charge in [-0.3, -0.25) is 0 Å². The maximum Gasteiger partial charge on any atom is 0.317 e. The molecule has 3 rings (SSSR count). The monoisotopic (exact) mass is 340 g/mol. The van der Waals surface area contributed by atoms with E-state index in [9.17, 15) is 4.79 Å². The number of halogens is 1. The number of hydrogen-bond donors (Lipinski definition) is 1. The number of likely N-dealkylation sites (tertiary alicyclic amines) is 1. The molecule has 1 aromatic carbocycles. The molecule has 2 amide bonds. The lowest BCUT2D eigenvalue weighted by atomic mass is 10.2. The summed E-state index contributed by atoms with van der Waals surface area (Å²) in [5, 5.41) is 2.93. The van der Waals surface area contributed by atoms with E-state index in [0.29, 0.717) is 32.8 Å². The van der Waals surface area contributed by atoms with Crippen molar-refractivity contribution in [1.82, 2.24) is 10.2 Å². The van der Waals surface area contributed by atoms with Crippen molar-refractivity contribution in [2.45, 2.75) is 18.8 Å². The van der Waals surface area contributed by atoms with E-state index in [1.165, 1.54) is 0 Å². The molecular weight excluding hydrogens is 324 g/mol. The van der Waals surface area contributed by atoms with Gasteiger partial charge in [-0.15, -0.1) is 0 Å². The van der Waals surface area contributed by atoms with Gasteiger partial charge in [-0.2, -0.15) is 0 Å². The van der Waals surface area contributed by atoms with E-state index in [0.717, 1.165) is 16.5 Å².